The minimum atomic E-state index is -4.48. The smallest absolute Gasteiger partial charge is 0.273 e. The van der Waals surface area contributed by atoms with Gasteiger partial charge in [0.15, 0.2) is 9.84 Å². The van der Waals surface area contributed by atoms with E-state index in [1.54, 1.807) is 23.6 Å². The van der Waals surface area contributed by atoms with Crippen molar-refractivity contribution in [1.82, 2.24) is 10.2 Å². The Labute approximate surface area is 139 Å². The fourth-order valence-corrected chi connectivity index (χ4v) is 3.67. The van der Waals surface area contributed by atoms with E-state index in [-0.39, 0.29) is 10.6 Å². The molecule has 0 aliphatic carbocycles. The second-order valence-corrected chi connectivity index (χ2v) is 8.09. The third-order valence-corrected chi connectivity index (χ3v) is 5.39. The Hall–Kier alpha value is -2.13. The van der Waals surface area contributed by atoms with E-state index < -0.39 is 21.7 Å². The lowest BCUT2D eigenvalue weighted by Crippen LogP contribution is -2.04. The molecular formula is C15H11F3N2O2S2. The monoisotopic (exact) mass is 372 g/mol. The van der Waals surface area contributed by atoms with Crippen molar-refractivity contribution in [3.05, 3.63) is 47.5 Å². The van der Waals surface area contributed by atoms with Gasteiger partial charge in [-0.15, -0.1) is 11.3 Å². The van der Waals surface area contributed by atoms with E-state index in [9.17, 15) is 21.6 Å². The zero-order valence-electron chi connectivity index (χ0n) is 12.3. The molecule has 0 aliphatic heterocycles. The highest BCUT2D eigenvalue weighted by atomic mass is 32.2. The van der Waals surface area contributed by atoms with Gasteiger partial charge in [0.1, 0.15) is 11.4 Å². The van der Waals surface area contributed by atoms with Gasteiger partial charge in [-0.3, -0.25) is 5.10 Å². The number of aromatic amines is 1. The first kappa shape index (κ1) is 16.7. The van der Waals surface area contributed by atoms with Crippen LogP contribution in [-0.4, -0.2) is 24.9 Å². The standard InChI is InChI=1S/C15H11F3N2O2S2/c1-24(21,22)11-4-2-3-9(5-11)10-6-13(23-8-10)12-7-14(20-19-12)15(16,17)18/h2-8H,1H3,(H,19,20). The normalized spacial score (nSPS) is 12.5. The van der Waals surface area contributed by atoms with Crippen LogP contribution in [0, 0.1) is 0 Å². The number of hydrogen-bond donors (Lipinski definition) is 1. The minimum absolute atomic E-state index is 0.187. The molecular weight excluding hydrogens is 361 g/mol. The van der Waals surface area contributed by atoms with E-state index in [1.165, 1.54) is 23.5 Å². The van der Waals surface area contributed by atoms with Crippen LogP contribution in [0.15, 0.2) is 46.7 Å². The summed E-state index contributed by atoms with van der Waals surface area (Å²) in [6.07, 6.45) is -3.36. The van der Waals surface area contributed by atoms with E-state index in [2.05, 4.69) is 5.10 Å². The molecule has 1 aromatic carbocycles. The number of hydrogen-bond acceptors (Lipinski definition) is 4. The number of aromatic nitrogens is 2. The highest BCUT2D eigenvalue weighted by Gasteiger charge is 2.33. The molecule has 0 saturated heterocycles. The van der Waals surface area contributed by atoms with Gasteiger partial charge >= 0.3 is 6.18 Å². The Balaban J connectivity index is 1.96. The predicted molar refractivity (Wildman–Crippen MR) is 85.4 cm³/mol. The summed E-state index contributed by atoms with van der Waals surface area (Å²) < 4.78 is 61.1. The van der Waals surface area contributed by atoms with Crippen molar-refractivity contribution in [3.63, 3.8) is 0 Å². The molecule has 0 aliphatic rings. The molecule has 0 fully saturated rings. The predicted octanol–water partition coefficient (Wildman–Crippen LogP) is 4.23. The number of H-pyrrole nitrogens is 1. The summed E-state index contributed by atoms with van der Waals surface area (Å²) >= 11 is 1.24. The van der Waals surface area contributed by atoms with Crippen molar-refractivity contribution in [3.8, 4) is 21.7 Å². The summed E-state index contributed by atoms with van der Waals surface area (Å²) in [4.78, 5) is 0.744. The summed E-state index contributed by atoms with van der Waals surface area (Å²) in [5.41, 5.74) is 0.674. The van der Waals surface area contributed by atoms with Gasteiger partial charge in [0.25, 0.3) is 0 Å². The Morgan fingerprint density at radius 3 is 2.50 bits per heavy atom. The Bertz CT molecular complexity index is 988. The van der Waals surface area contributed by atoms with Crippen LogP contribution < -0.4 is 0 Å². The number of halogens is 3. The topological polar surface area (TPSA) is 62.8 Å². The number of nitrogens with zero attached hydrogens (tertiary/aromatic N) is 1. The summed E-state index contributed by atoms with van der Waals surface area (Å²) in [7, 11) is -3.33. The molecule has 4 nitrogen and oxygen atoms in total. The number of rotatable bonds is 3. The van der Waals surface area contributed by atoms with Gasteiger partial charge in [-0.1, -0.05) is 12.1 Å². The second-order valence-electron chi connectivity index (χ2n) is 5.16. The Kier molecular flexibility index (Phi) is 4.00. The van der Waals surface area contributed by atoms with E-state index in [0.717, 1.165) is 17.9 Å². The van der Waals surface area contributed by atoms with Crippen molar-refractivity contribution in [2.45, 2.75) is 11.1 Å². The molecule has 0 saturated carbocycles. The van der Waals surface area contributed by atoms with Crippen LogP contribution in [0.2, 0.25) is 0 Å². The lowest BCUT2D eigenvalue weighted by Gasteiger charge is -2.01. The van der Waals surface area contributed by atoms with Crippen molar-refractivity contribution >= 4 is 21.2 Å². The lowest BCUT2D eigenvalue weighted by molar-refractivity contribution is -0.141. The first-order valence-corrected chi connectivity index (χ1v) is 9.44. The quantitative estimate of drug-likeness (QED) is 0.748. The molecule has 0 radical (unpaired) electrons. The largest absolute Gasteiger partial charge is 0.432 e. The van der Waals surface area contributed by atoms with E-state index in [1.807, 2.05) is 5.10 Å². The fourth-order valence-electron chi connectivity index (χ4n) is 2.12. The summed E-state index contributed by atoms with van der Waals surface area (Å²) in [5.74, 6) is 0. The van der Waals surface area contributed by atoms with Crippen LogP contribution in [-0.2, 0) is 16.0 Å². The molecule has 3 rings (SSSR count). The Morgan fingerprint density at radius 1 is 1.12 bits per heavy atom. The van der Waals surface area contributed by atoms with Crippen LogP contribution >= 0.6 is 11.3 Å². The molecule has 0 bridgehead atoms. The van der Waals surface area contributed by atoms with Crippen molar-refractivity contribution in [2.24, 2.45) is 0 Å². The summed E-state index contributed by atoms with van der Waals surface area (Å²) in [6, 6.07) is 9.03. The van der Waals surface area contributed by atoms with Gasteiger partial charge in [0, 0.05) is 6.26 Å². The van der Waals surface area contributed by atoms with Crippen LogP contribution in [0.3, 0.4) is 0 Å². The van der Waals surface area contributed by atoms with Crippen molar-refractivity contribution in [2.75, 3.05) is 6.26 Å². The molecule has 126 valence electrons. The zero-order chi connectivity index (χ0) is 17.5. The second kappa shape index (κ2) is 5.75. The molecule has 9 heteroatoms. The first-order valence-electron chi connectivity index (χ1n) is 6.66. The third-order valence-electron chi connectivity index (χ3n) is 3.33. The number of alkyl halides is 3. The number of thiophene rings is 1. The highest BCUT2D eigenvalue weighted by Crippen LogP contribution is 2.35. The van der Waals surface area contributed by atoms with Crippen LogP contribution in [0.5, 0.6) is 0 Å². The summed E-state index contributed by atoms with van der Waals surface area (Å²) in [6.45, 7) is 0. The van der Waals surface area contributed by atoms with Gasteiger partial charge in [0.2, 0.25) is 0 Å². The molecule has 1 N–H and O–H groups in total. The molecule has 24 heavy (non-hydrogen) atoms. The van der Waals surface area contributed by atoms with E-state index >= 15 is 0 Å². The number of benzene rings is 1. The van der Waals surface area contributed by atoms with Gasteiger partial charge in [-0.25, -0.2) is 8.42 Å². The average Bonchev–Trinajstić information content (AvgIpc) is 3.15. The molecule has 2 aromatic heterocycles. The van der Waals surface area contributed by atoms with Crippen LogP contribution in [0.1, 0.15) is 5.69 Å². The van der Waals surface area contributed by atoms with Crippen molar-refractivity contribution in [1.29, 1.82) is 0 Å². The van der Waals surface area contributed by atoms with Crippen LogP contribution in [0.4, 0.5) is 13.2 Å². The fraction of sp³-hybridized carbons (Fsp3) is 0.133. The maximum atomic E-state index is 12.6. The molecule has 0 amide bonds. The van der Waals surface area contributed by atoms with Gasteiger partial charge in [-0.05, 0) is 40.8 Å². The van der Waals surface area contributed by atoms with E-state index in [0.29, 0.717) is 10.4 Å². The zero-order valence-corrected chi connectivity index (χ0v) is 13.9. The maximum Gasteiger partial charge on any atom is 0.432 e. The maximum absolute atomic E-state index is 12.6. The molecule has 0 spiro atoms. The molecule has 0 unspecified atom stereocenters. The molecule has 2 heterocycles. The van der Waals surface area contributed by atoms with Gasteiger partial charge in [0.05, 0.1) is 9.77 Å². The number of sulfone groups is 1. The Morgan fingerprint density at radius 2 is 1.88 bits per heavy atom. The van der Waals surface area contributed by atoms with E-state index in [4.69, 9.17) is 0 Å². The highest BCUT2D eigenvalue weighted by molar-refractivity contribution is 7.90. The summed E-state index contributed by atoms with van der Waals surface area (Å²) in [5, 5.41) is 7.41. The first-order chi connectivity index (χ1) is 11.1. The van der Waals surface area contributed by atoms with Crippen LogP contribution in [0.25, 0.3) is 21.7 Å². The minimum Gasteiger partial charge on any atom is -0.273 e. The lowest BCUT2D eigenvalue weighted by atomic mass is 10.1. The average molecular weight is 372 g/mol. The molecule has 3 aromatic rings. The number of nitrogens with one attached hydrogen (secondary N) is 1. The molecule has 0 atom stereocenters. The van der Waals surface area contributed by atoms with Gasteiger partial charge < -0.3 is 0 Å². The van der Waals surface area contributed by atoms with Gasteiger partial charge in [-0.2, -0.15) is 18.3 Å². The van der Waals surface area contributed by atoms with Crippen molar-refractivity contribution < 1.29 is 21.6 Å². The SMILES string of the molecule is CS(=O)(=O)c1cccc(-c2csc(-c3cc(C(F)(F)F)[nH]n3)c2)c1. The third kappa shape index (κ3) is 3.36.